The molecule has 1 heterocycles. The first-order valence-corrected chi connectivity index (χ1v) is 10.4. The van der Waals surface area contributed by atoms with Gasteiger partial charge in [-0.2, -0.15) is 0 Å². The van der Waals surface area contributed by atoms with Crippen molar-refractivity contribution in [3.8, 4) is 0 Å². The highest BCUT2D eigenvalue weighted by Crippen LogP contribution is 2.30. The molecule has 158 valence electrons. The van der Waals surface area contributed by atoms with Crippen LogP contribution in [0.25, 0.3) is 0 Å². The van der Waals surface area contributed by atoms with E-state index in [1.165, 1.54) is 12.1 Å². The minimum atomic E-state index is -0.320. The molecule has 0 aliphatic carbocycles. The van der Waals surface area contributed by atoms with Crippen LogP contribution in [0.15, 0.2) is 23.2 Å². The third-order valence-corrected chi connectivity index (χ3v) is 5.49. The van der Waals surface area contributed by atoms with Crippen molar-refractivity contribution < 1.29 is 9.13 Å². The molecule has 0 radical (unpaired) electrons. The van der Waals surface area contributed by atoms with E-state index >= 15 is 0 Å². The fourth-order valence-electron chi connectivity index (χ4n) is 3.43. The maximum atomic E-state index is 13.4. The van der Waals surface area contributed by atoms with E-state index in [-0.39, 0.29) is 11.2 Å². The highest BCUT2D eigenvalue weighted by Gasteiger charge is 2.24. The number of likely N-dealkylation sites (tertiary alicyclic amines) is 1. The summed E-state index contributed by atoms with van der Waals surface area (Å²) in [5.41, 5.74) is 0.609. The standard InChI is InChI=1S/C21H34ClFN4O/c1-5-24-20(26-17-8-10-27(11-9-17)12-13-28-4)25-15-21(2,3)18-7-6-16(23)14-19(18)22/h6-7,14,17H,5,8-13,15H2,1-4H3,(H2,24,25,26). The van der Waals surface area contributed by atoms with E-state index in [0.717, 1.165) is 57.2 Å². The second-order valence-electron chi connectivity index (χ2n) is 7.96. The van der Waals surface area contributed by atoms with Crippen LogP contribution < -0.4 is 10.6 Å². The number of piperidine rings is 1. The van der Waals surface area contributed by atoms with Gasteiger partial charge in [0.25, 0.3) is 0 Å². The Labute approximate surface area is 173 Å². The molecule has 1 aromatic carbocycles. The molecule has 1 aliphatic heterocycles. The van der Waals surface area contributed by atoms with E-state index in [9.17, 15) is 4.39 Å². The molecule has 7 heteroatoms. The lowest BCUT2D eigenvalue weighted by Crippen LogP contribution is -2.49. The summed E-state index contributed by atoms with van der Waals surface area (Å²) in [4.78, 5) is 7.23. The van der Waals surface area contributed by atoms with Crippen LogP contribution >= 0.6 is 11.6 Å². The molecule has 0 amide bonds. The first kappa shape index (κ1) is 22.9. The van der Waals surface area contributed by atoms with Gasteiger partial charge < -0.3 is 20.3 Å². The van der Waals surface area contributed by atoms with Crippen LogP contribution in [0, 0.1) is 5.82 Å². The van der Waals surface area contributed by atoms with Gasteiger partial charge in [0.2, 0.25) is 0 Å². The van der Waals surface area contributed by atoms with E-state index in [1.807, 2.05) is 0 Å². The number of hydrogen-bond acceptors (Lipinski definition) is 3. The van der Waals surface area contributed by atoms with Crippen molar-refractivity contribution in [3.63, 3.8) is 0 Å². The molecule has 2 rings (SSSR count). The Morgan fingerprint density at radius 3 is 2.68 bits per heavy atom. The van der Waals surface area contributed by atoms with Crippen LogP contribution in [0.1, 0.15) is 39.2 Å². The third kappa shape index (κ3) is 6.90. The number of ether oxygens (including phenoxy) is 1. The maximum absolute atomic E-state index is 13.4. The first-order valence-electron chi connectivity index (χ1n) is 10.1. The lowest BCUT2D eigenvalue weighted by Gasteiger charge is -2.33. The fourth-order valence-corrected chi connectivity index (χ4v) is 3.86. The van der Waals surface area contributed by atoms with E-state index in [0.29, 0.717) is 17.6 Å². The van der Waals surface area contributed by atoms with Crippen LogP contribution in [0.4, 0.5) is 4.39 Å². The predicted molar refractivity (Wildman–Crippen MR) is 115 cm³/mol. The number of rotatable bonds is 8. The molecule has 1 saturated heterocycles. The number of benzene rings is 1. The summed E-state index contributed by atoms with van der Waals surface area (Å²) in [7, 11) is 1.74. The van der Waals surface area contributed by atoms with Gasteiger partial charge in [-0.1, -0.05) is 31.5 Å². The number of nitrogens with zero attached hydrogens (tertiary/aromatic N) is 2. The van der Waals surface area contributed by atoms with Crippen molar-refractivity contribution in [3.05, 3.63) is 34.6 Å². The highest BCUT2D eigenvalue weighted by atomic mass is 35.5. The van der Waals surface area contributed by atoms with Crippen molar-refractivity contribution in [1.82, 2.24) is 15.5 Å². The minimum absolute atomic E-state index is 0.295. The molecule has 1 aromatic rings. The fraction of sp³-hybridized carbons (Fsp3) is 0.667. The lowest BCUT2D eigenvalue weighted by atomic mass is 9.84. The average molecular weight is 413 g/mol. The Kier molecular flexibility index (Phi) is 8.99. The molecule has 0 saturated carbocycles. The van der Waals surface area contributed by atoms with E-state index < -0.39 is 0 Å². The quantitative estimate of drug-likeness (QED) is 0.507. The van der Waals surface area contributed by atoms with Crippen molar-refractivity contribution in [2.75, 3.05) is 46.4 Å². The topological polar surface area (TPSA) is 48.9 Å². The molecular weight excluding hydrogens is 379 g/mol. The van der Waals surface area contributed by atoms with Gasteiger partial charge in [0.05, 0.1) is 13.2 Å². The molecule has 0 bridgehead atoms. The van der Waals surface area contributed by atoms with E-state index in [2.05, 4.69) is 36.3 Å². The van der Waals surface area contributed by atoms with E-state index in [1.54, 1.807) is 13.2 Å². The van der Waals surface area contributed by atoms with Gasteiger partial charge in [0.15, 0.2) is 5.96 Å². The Morgan fingerprint density at radius 2 is 2.07 bits per heavy atom. The maximum Gasteiger partial charge on any atom is 0.191 e. The van der Waals surface area contributed by atoms with E-state index in [4.69, 9.17) is 21.3 Å². The zero-order valence-electron chi connectivity index (χ0n) is 17.5. The third-order valence-electron chi connectivity index (χ3n) is 5.18. The predicted octanol–water partition coefficient (Wildman–Crippen LogP) is 3.42. The van der Waals surface area contributed by atoms with Gasteiger partial charge in [-0.3, -0.25) is 4.99 Å². The second-order valence-corrected chi connectivity index (χ2v) is 8.36. The van der Waals surface area contributed by atoms with Gasteiger partial charge in [0.1, 0.15) is 5.82 Å². The SMILES string of the molecule is CCNC(=NCC(C)(C)c1ccc(F)cc1Cl)NC1CCN(CCOC)CC1. The van der Waals surface area contributed by atoms with Gasteiger partial charge in [0, 0.05) is 49.8 Å². The Hall–Kier alpha value is -1.37. The van der Waals surface area contributed by atoms with Crippen LogP contribution in [0.2, 0.25) is 5.02 Å². The van der Waals surface area contributed by atoms with Crippen molar-refractivity contribution >= 4 is 17.6 Å². The van der Waals surface area contributed by atoms with Crippen molar-refractivity contribution in [1.29, 1.82) is 0 Å². The van der Waals surface area contributed by atoms with Gasteiger partial charge in [-0.25, -0.2) is 4.39 Å². The molecule has 2 N–H and O–H groups in total. The summed E-state index contributed by atoms with van der Waals surface area (Å²) in [5.74, 6) is 0.504. The summed E-state index contributed by atoms with van der Waals surface area (Å²) in [6, 6.07) is 4.98. The minimum Gasteiger partial charge on any atom is -0.383 e. The second kappa shape index (κ2) is 11.0. The number of guanidine groups is 1. The Bertz CT molecular complexity index is 645. The smallest absolute Gasteiger partial charge is 0.191 e. The molecule has 0 aromatic heterocycles. The van der Waals surface area contributed by atoms with Crippen LogP contribution in [0.5, 0.6) is 0 Å². The monoisotopic (exact) mass is 412 g/mol. The molecule has 0 unspecified atom stereocenters. The summed E-state index contributed by atoms with van der Waals surface area (Å²) >= 11 is 6.26. The van der Waals surface area contributed by atoms with Crippen LogP contribution in [-0.2, 0) is 10.2 Å². The van der Waals surface area contributed by atoms with Crippen molar-refractivity contribution in [2.24, 2.45) is 4.99 Å². The molecule has 0 atom stereocenters. The van der Waals surface area contributed by atoms with Crippen LogP contribution in [-0.4, -0.2) is 63.3 Å². The summed E-state index contributed by atoms with van der Waals surface area (Å²) < 4.78 is 18.5. The number of halogens is 2. The summed E-state index contributed by atoms with van der Waals surface area (Å²) in [5, 5.41) is 7.35. The molecule has 1 fully saturated rings. The Balaban J connectivity index is 1.96. The number of nitrogens with one attached hydrogen (secondary N) is 2. The largest absolute Gasteiger partial charge is 0.383 e. The molecule has 0 spiro atoms. The van der Waals surface area contributed by atoms with Gasteiger partial charge >= 0.3 is 0 Å². The number of methoxy groups -OCH3 is 1. The normalized spacial score (nSPS) is 17.0. The first-order chi connectivity index (χ1) is 13.4. The zero-order valence-corrected chi connectivity index (χ0v) is 18.3. The summed E-state index contributed by atoms with van der Waals surface area (Å²) in [6.45, 7) is 11.5. The molecular formula is C21H34ClFN4O. The number of hydrogen-bond donors (Lipinski definition) is 2. The Morgan fingerprint density at radius 1 is 1.36 bits per heavy atom. The van der Waals surface area contributed by atoms with Gasteiger partial charge in [-0.05, 0) is 37.5 Å². The average Bonchev–Trinajstić information content (AvgIpc) is 2.65. The van der Waals surface area contributed by atoms with Crippen LogP contribution in [0.3, 0.4) is 0 Å². The lowest BCUT2D eigenvalue weighted by molar-refractivity contribution is 0.128. The highest BCUT2D eigenvalue weighted by molar-refractivity contribution is 6.31. The van der Waals surface area contributed by atoms with Gasteiger partial charge in [-0.15, -0.1) is 0 Å². The number of aliphatic imine (C=N–C) groups is 1. The molecule has 28 heavy (non-hydrogen) atoms. The molecule has 1 aliphatic rings. The molecule has 5 nitrogen and oxygen atoms in total. The zero-order chi connectivity index (χ0) is 20.6. The summed E-state index contributed by atoms with van der Waals surface area (Å²) in [6.07, 6.45) is 2.17. The van der Waals surface area contributed by atoms with Crippen molar-refractivity contribution in [2.45, 2.75) is 45.1 Å².